The van der Waals surface area contributed by atoms with Crippen LogP contribution in [0.3, 0.4) is 0 Å². The van der Waals surface area contributed by atoms with Gasteiger partial charge in [0.05, 0.1) is 5.56 Å². The van der Waals surface area contributed by atoms with E-state index in [4.69, 9.17) is 10.3 Å². The highest BCUT2D eigenvalue weighted by Gasteiger charge is 2.33. The molecule has 21 heavy (non-hydrogen) atoms. The van der Waals surface area contributed by atoms with Crippen molar-refractivity contribution in [2.24, 2.45) is 5.73 Å². The molecule has 8 heteroatoms. The van der Waals surface area contributed by atoms with Gasteiger partial charge in [0.25, 0.3) is 11.7 Å². The number of hydrogen-bond donors (Lipinski definition) is 1. The van der Waals surface area contributed by atoms with Gasteiger partial charge in [0, 0.05) is 12.7 Å². The Morgan fingerprint density at radius 1 is 1.57 bits per heavy atom. The maximum absolute atomic E-state index is 11.0. The number of nitrogens with two attached hydrogens (primary N) is 1. The highest BCUT2D eigenvalue weighted by molar-refractivity contribution is 5.88. The number of carbonyl (C=O) groups is 1. The molecule has 3 heterocycles. The molecule has 0 radical (unpaired) electrons. The summed E-state index contributed by atoms with van der Waals surface area (Å²) >= 11 is 0. The van der Waals surface area contributed by atoms with E-state index in [1.54, 1.807) is 18.3 Å². The van der Waals surface area contributed by atoms with Gasteiger partial charge in [0.1, 0.15) is 17.9 Å². The minimum Gasteiger partial charge on any atom is -0.363 e. The Labute approximate surface area is 120 Å². The Balaban J connectivity index is 1.95. The number of anilines is 1. The molecule has 8 nitrogen and oxygen atoms in total. The second kappa shape index (κ2) is 5.20. The number of carbonyl (C=O) groups excluding carboxylic acids is 1. The summed E-state index contributed by atoms with van der Waals surface area (Å²) in [5.74, 6) is 0.0284. The third kappa shape index (κ3) is 2.29. The van der Waals surface area contributed by atoms with Gasteiger partial charge in [0.15, 0.2) is 0 Å². The zero-order valence-electron chi connectivity index (χ0n) is 11.1. The Morgan fingerprint density at radius 3 is 3.14 bits per heavy atom. The maximum Gasteiger partial charge on any atom is 0.290 e. The van der Waals surface area contributed by atoms with Crippen molar-refractivity contribution in [2.75, 3.05) is 11.4 Å². The number of rotatable bonds is 3. The molecule has 0 aromatic carbocycles. The lowest BCUT2D eigenvalue weighted by molar-refractivity contribution is 0.0987. The molecule has 2 N–H and O–H groups in total. The van der Waals surface area contributed by atoms with Crippen molar-refractivity contribution in [3.05, 3.63) is 35.6 Å². The molecule has 1 fully saturated rings. The lowest BCUT2D eigenvalue weighted by atomic mass is 10.2. The highest BCUT2D eigenvalue weighted by Crippen LogP contribution is 2.35. The first kappa shape index (κ1) is 13.1. The van der Waals surface area contributed by atoms with Gasteiger partial charge in [-0.2, -0.15) is 10.2 Å². The topological polar surface area (TPSA) is 122 Å². The Hall–Kier alpha value is -2.95. The summed E-state index contributed by atoms with van der Waals surface area (Å²) in [6.45, 7) is 0.727. The van der Waals surface area contributed by atoms with E-state index in [0.29, 0.717) is 17.3 Å². The van der Waals surface area contributed by atoms with E-state index in [1.807, 2.05) is 4.90 Å². The van der Waals surface area contributed by atoms with Crippen molar-refractivity contribution in [2.45, 2.75) is 18.9 Å². The molecular weight excluding hydrogens is 272 g/mol. The zero-order chi connectivity index (χ0) is 14.8. The van der Waals surface area contributed by atoms with Crippen molar-refractivity contribution < 1.29 is 9.32 Å². The Kier molecular flexibility index (Phi) is 3.23. The van der Waals surface area contributed by atoms with E-state index in [-0.39, 0.29) is 11.9 Å². The van der Waals surface area contributed by atoms with E-state index in [9.17, 15) is 10.1 Å². The minimum atomic E-state index is -0.731. The van der Waals surface area contributed by atoms with Crippen molar-refractivity contribution in [3.63, 3.8) is 0 Å². The van der Waals surface area contributed by atoms with Crippen LogP contribution in [0.1, 0.15) is 41.0 Å². The molecule has 1 aliphatic rings. The molecule has 2 aromatic rings. The fourth-order valence-corrected chi connectivity index (χ4v) is 2.46. The summed E-state index contributed by atoms with van der Waals surface area (Å²) in [5.41, 5.74) is 5.61. The molecule has 1 saturated heterocycles. The highest BCUT2D eigenvalue weighted by atomic mass is 16.5. The van der Waals surface area contributed by atoms with E-state index in [2.05, 4.69) is 21.2 Å². The zero-order valence-corrected chi connectivity index (χ0v) is 11.1. The number of amides is 1. The van der Waals surface area contributed by atoms with Crippen LogP contribution in [0.4, 0.5) is 5.82 Å². The van der Waals surface area contributed by atoms with Gasteiger partial charge in [0.2, 0.25) is 5.89 Å². The van der Waals surface area contributed by atoms with Gasteiger partial charge in [-0.25, -0.2) is 4.98 Å². The number of nitriles is 1. The molecule has 0 aliphatic carbocycles. The third-order valence-corrected chi connectivity index (χ3v) is 3.38. The summed E-state index contributed by atoms with van der Waals surface area (Å²) in [6, 6.07) is 5.34. The predicted octanol–water partition coefficient (Wildman–Crippen LogP) is 0.777. The van der Waals surface area contributed by atoms with Gasteiger partial charge < -0.3 is 15.2 Å². The van der Waals surface area contributed by atoms with Gasteiger partial charge >= 0.3 is 0 Å². The molecule has 1 atom stereocenters. The number of nitrogens with zero attached hydrogens (tertiary/aromatic N) is 5. The van der Waals surface area contributed by atoms with Crippen LogP contribution in [0.5, 0.6) is 0 Å². The Bertz CT molecular complexity index is 719. The van der Waals surface area contributed by atoms with Crippen LogP contribution in [0.15, 0.2) is 22.9 Å². The number of pyridine rings is 1. The van der Waals surface area contributed by atoms with Crippen molar-refractivity contribution in [3.8, 4) is 6.07 Å². The van der Waals surface area contributed by atoms with Crippen LogP contribution in [0.25, 0.3) is 0 Å². The molecule has 3 rings (SSSR count). The first-order chi connectivity index (χ1) is 10.2. The lowest BCUT2D eigenvalue weighted by Gasteiger charge is -2.23. The minimum absolute atomic E-state index is 0.140. The average Bonchev–Trinajstić information content (AvgIpc) is 3.15. The quantitative estimate of drug-likeness (QED) is 0.883. The summed E-state index contributed by atoms with van der Waals surface area (Å²) in [5, 5.41) is 12.7. The van der Waals surface area contributed by atoms with Gasteiger partial charge in [-0.05, 0) is 25.0 Å². The largest absolute Gasteiger partial charge is 0.363 e. The summed E-state index contributed by atoms with van der Waals surface area (Å²) in [4.78, 5) is 21.3. The van der Waals surface area contributed by atoms with E-state index >= 15 is 0 Å². The van der Waals surface area contributed by atoms with Crippen LogP contribution in [-0.2, 0) is 0 Å². The third-order valence-electron chi connectivity index (χ3n) is 3.38. The van der Waals surface area contributed by atoms with Crippen LogP contribution in [-0.4, -0.2) is 27.6 Å². The van der Waals surface area contributed by atoms with Crippen molar-refractivity contribution >= 4 is 11.7 Å². The number of primary amides is 1. The molecule has 0 saturated carbocycles. The maximum atomic E-state index is 11.0. The summed E-state index contributed by atoms with van der Waals surface area (Å²) < 4.78 is 5.12. The Morgan fingerprint density at radius 2 is 2.43 bits per heavy atom. The molecule has 106 valence electrons. The standard InChI is InChI=1S/C13H12N6O2/c14-7-8-3-1-5-16-12(8)19-6-2-4-9(19)13-17-11(10(15)20)18-21-13/h1,3,5,9H,2,4,6H2,(H2,15,20)/t9-/m0/s1. The van der Waals surface area contributed by atoms with E-state index < -0.39 is 5.91 Å². The second-order valence-electron chi connectivity index (χ2n) is 4.66. The summed E-state index contributed by atoms with van der Waals surface area (Å²) in [7, 11) is 0. The molecular formula is C13H12N6O2. The van der Waals surface area contributed by atoms with Gasteiger partial charge in [-0.3, -0.25) is 4.79 Å². The summed E-state index contributed by atoms with van der Waals surface area (Å²) in [6.07, 6.45) is 3.32. The number of hydrogen-bond acceptors (Lipinski definition) is 7. The lowest BCUT2D eigenvalue weighted by Crippen LogP contribution is -2.25. The second-order valence-corrected chi connectivity index (χ2v) is 4.66. The molecule has 1 amide bonds. The molecule has 0 unspecified atom stereocenters. The molecule has 2 aromatic heterocycles. The van der Waals surface area contributed by atoms with Crippen LogP contribution >= 0.6 is 0 Å². The normalized spacial score (nSPS) is 17.7. The SMILES string of the molecule is N#Cc1cccnc1N1CCC[C@H]1c1nc(C(N)=O)no1. The smallest absolute Gasteiger partial charge is 0.290 e. The fourth-order valence-electron chi connectivity index (χ4n) is 2.46. The van der Waals surface area contributed by atoms with Crippen molar-refractivity contribution in [1.82, 2.24) is 15.1 Å². The van der Waals surface area contributed by atoms with E-state index in [1.165, 1.54) is 0 Å². The van der Waals surface area contributed by atoms with Gasteiger partial charge in [-0.1, -0.05) is 5.16 Å². The first-order valence-electron chi connectivity index (χ1n) is 6.46. The van der Waals surface area contributed by atoms with E-state index in [0.717, 1.165) is 19.4 Å². The van der Waals surface area contributed by atoms with Crippen LogP contribution in [0, 0.1) is 11.3 Å². The first-order valence-corrected chi connectivity index (χ1v) is 6.46. The molecule has 0 bridgehead atoms. The fraction of sp³-hybridized carbons (Fsp3) is 0.308. The monoisotopic (exact) mass is 284 g/mol. The molecule has 1 aliphatic heterocycles. The predicted molar refractivity (Wildman–Crippen MR) is 71.1 cm³/mol. The van der Waals surface area contributed by atoms with Crippen molar-refractivity contribution in [1.29, 1.82) is 5.26 Å². The van der Waals surface area contributed by atoms with Crippen LogP contribution < -0.4 is 10.6 Å². The van der Waals surface area contributed by atoms with Crippen LogP contribution in [0.2, 0.25) is 0 Å². The number of aromatic nitrogens is 3. The van der Waals surface area contributed by atoms with Gasteiger partial charge in [-0.15, -0.1) is 0 Å². The average molecular weight is 284 g/mol. The molecule has 0 spiro atoms.